The molecule has 0 bridgehead atoms. The molecule has 0 fully saturated rings. The summed E-state index contributed by atoms with van der Waals surface area (Å²) in [5.41, 5.74) is 5.95. The monoisotopic (exact) mass is 252 g/mol. The summed E-state index contributed by atoms with van der Waals surface area (Å²) in [7, 11) is 0. The fraction of sp³-hybridized carbons (Fsp3) is 0.462. The minimum absolute atomic E-state index is 0.0811. The molecule has 100 valence electrons. The van der Waals surface area contributed by atoms with Gasteiger partial charge in [0.1, 0.15) is 12.4 Å². The van der Waals surface area contributed by atoms with Crippen LogP contribution in [0.3, 0.4) is 0 Å². The molecular formula is C13H20N2O3. The van der Waals surface area contributed by atoms with Gasteiger partial charge in [-0.1, -0.05) is 5.16 Å². The van der Waals surface area contributed by atoms with Crippen LogP contribution in [0.1, 0.15) is 26.3 Å². The van der Waals surface area contributed by atoms with Gasteiger partial charge in [0.05, 0.1) is 12.2 Å². The third kappa shape index (κ3) is 5.05. The van der Waals surface area contributed by atoms with E-state index in [0.717, 1.165) is 5.75 Å². The summed E-state index contributed by atoms with van der Waals surface area (Å²) in [5.74, 6) is 0.805. The van der Waals surface area contributed by atoms with Crippen LogP contribution in [0.2, 0.25) is 0 Å². The van der Waals surface area contributed by atoms with Gasteiger partial charge in [-0.3, -0.25) is 0 Å². The van der Waals surface area contributed by atoms with E-state index in [1.807, 2.05) is 20.8 Å². The first-order valence-electron chi connectivity index (χ1n) is 5.77. The summed E-state index contributed by atoms with van der Waals surface area (Å²) in [6, 6.07) is 7.00. The zero-order valence-electron chi connectivity index (χ0n) is 11.0. The minimum atomic E-state index is -0.154. The minimum Gasteiger partial charge on any atom is -0.491 e. The van der Waals surface area contributed by atoms with E-state index in [2.05, 4.69) is 5.16 Å². The van der Waals surface area contributed by atoms with Crippen LogP contribution >= 0.6 is 0 Å². The lowest BCUT2D eigenvalue weighted by Crippen LogP contribution is -2.22. The average Bonchev–Trinajstić information content (AvgIpc) is 2.33. The number of amidine groups is 1. The van der Waals surface area contributed by atoms with Crippen molar-refractivity contribution in [3.63, 3.8) is 0 Å². The number of hydrogen-bond donors (Lipinski definition) is 2. The Labute approximate surface area is 107 Å². The van der Waals surface area contributed by atoms with Crippen molar-refractivity contribution in [3.05, 3.63) is 29.8 Å². The van der Waals surface area contributed by atoms with Gasteiger partial charge in [-0.05, 0) is 45.0 Å². The molecular weight excluding hydrogens is 232 g/mol. The predicted octanol–water partition coefficient (Wildman–Crippen LogP) is 1.98. The van der Waals surface area contributed by atoms with Crippen molar-refractivity contribution in [2.75, 3.05) is 13.2 Å². The molecule has 0 saturated carbocycles. The number of rotatable bonds is 5. The second kappa shape index (κ2) is 6.26. The van der Waals surface area contributed by atoms with Gasteiger partial charge in [0, 0.05) is 5.56 Å². The summed E-state index contributed by atoms with van der Waals surface area (Å²) in [6.45, 7) is 7.02. The van der Waals surface area contributed by atoms with Crippen LogP contribution in [-0.4, -0.2) is 29.9 Å². The topological polar surface area (TPSA) is 77.1 Å². The lowest BCUT2D eigenvalue weighted by Gasteiger charge is -2.19. The van der Waals surface area contributed by atoms with E-state index in [1.165, 1.54) is 0 Å². The Morgan fingerprint density at radius 3 is 2.33 bits per heavy atom. The zero-order valence-corrected chi connectivity index (χ0v) is 11.0. The summed E-state index contributed by atoms with van der Waals surface area (Å²) < 4.78 is 11.0. The van der Waals surface area contributed by atoms with Gasteiger partial charge in [0.15, 0.2) is 5.84 Å². The Morgan fingerprint density at radius 2 is 1.83 bits per heavy atom. The average molecular weight is 252 g/mol. The smallest absolute Gasteiger partial charge is 0.170 e. The Balaban J connectivity index is 2.40. The molecule has 0 atom stereocenters. The molecule has 1 rings (SSSR count). The predicted molar refractivity (Wildman–Crippen MR) is 70.2 cm³/mol. The highest BCUT2D eigenvalue weighted by Crippen LogP contribution is 2.12. The third-order valence-corrected chi connectivity index (χ3v) is 2.14. The first-order valence-corrected chi connectivity index (χ1v) is 5.77. The molecule has 0 radical (unpaired) electrons. The summed E-state index contributed by atoms with van der Waals surface area (Å²) in [4.78, 5) is 0. The first-order chi connectivity index (χ1) is 8.42. The molecule has 0 aliphatic carbocycles. The van der Waals surface area contributed by atoms with Crippen LogP contribution < -0.4 is 10.5 Å². The number of hydrogen-bond acceptors (Lipinski definition) is 4. The summed E-state index contributed by atoms with van der Waals surface area (Å²) in [5, 5.41) is 11.4. The van der Waals surface area contributed by atoms with Crippen LogP contribution in [0, 0.1) is 0 Å². The molecule has 1 aromatic carbocycles. The van der Waals surface area contributed by atoms with E-state index in [0.29, 0.717) is 18.8 Å². The summed E-state index contributed by atoms with van der Waals surface area (Å²) >= 11 is 0. The van der Waals surface area contributed by atoms with Crippen LogP contribution in [0.15, 0.2) is 29.4 Å². The molecule has 0 saturated heterocycles. The first kappa shape index (κ1) is 14.3. The zero-order chi connectivity index (χ0) is 13.6. The number of nitrogens with zero attached hydrogens (tertiary/aromatic N) is 1. The molecule has 0 spiro atoms. The second-order valence-corrected chi connectivity index (χ2v) is 4.82. The van der Waals surface area contributed by atoms with E-state index < -0.39 is 0 Å². The third-order valence-electron chi connectivity index (χ3n) is 2.14. The van der Waals surface area contributed by atoms with Crippen molar-refractivity contribution in [2.24, 2.45) is 10.9 Å². The van der Waals surface area contributed by atoms with Crippen LogP contribution in [0.5, 0.6) is 5.75 Å². The molecule has 0 aromatic heterocycles. The van der Waals surface area contributed by atoms with Crippen molar-refractivity contribution in [3.8, 4) is 5.75 Å². The Kier molecular flexibility index (Phi) is 4.97. The van der Waals surface area contributed by atoms with E-state index in [-0.39, 0.29) is 11.4 Å². The number of oxime groups is 1. The quantitative estimate of drug-likeness (QED) is 0.276. The van der Waals surface area contributed by atoms with Gasteiger partial charge in [0.25, 0.3) is 0 Å². The highest BCUT2D eigenvalue weighted by atomic mass is 16.5. The van der Waals surface area contributed by atoms with Gasteiger partial charge < -0.3 is 20.4 Å². The molecule has 3 N–H and O–H groups in total. The van der Waals surface area contributed by atoms with Crippen molar-refractivity contribution < 1.29 is 14.7 Å². The molecule has 5 nitrogen and oxygen atoms in total. The van der Waals surface area contributed by atoms with Crippen molar-refractivity contribution in [1.29, 1.82) is 0 Å². The van der Waals surface area contributed by atoms with E-state index in [1.54, 1.807) is 24.3 Å². The highest BCUT2D eigenvalue weighted by molar-refractivity contribution is 5.97. The van der Waals surface area contributed by atoms with Gasteiger partial charge >= 0.3 is 0 Å². The second-order valence-electron chi connectivity index (χ2n) is 4.82. The molecule has 0 heterocycles. The van der Waals surface area contributed by atoms with Crippen molar-refractivity contribution in [2.45, 2.75) is 26.4 Å². The lowest BCUT2D eigenvalue weighted by molar-refractivity contribution is -0.0163. The van der Waals surface area contributed by atoms with E-state index in [4.69, 9.17) is 20.4 Å². The van der Waals surface area contributed by atoms with Crippen LogP contribution in [0.25, 0.3) is 0 Å². The maximum atomic E-state index is 8.52. The lowest BCUT2D eigenvalue weighted by atomic mass is 10.2. The van der Waals surface area contributed by atoms with Gasteiger partial charge in [-0.2, -0.15) is 0 Å². The molecule has 0 aliphatic rings. The van der Waals surface area contributed by atoms with Gasteiger partial charge in [-0.25, -0.2) is 0 Å². The maximum Gasteiger partial charge on any atom is 0.170 e. The SMILES string of the molecule is CC(C)(C)OCCOc1ccc(/C(N)=N/O)cc1. The van der Waals surface area contributed by atoms with E-state index >= 15 is 0 Å². The highest BCUT2D eigenvalue weighted by Gasteiger charge is 2.09. The van der Waals surface area contributed by atoms with Crippen LogP contribution in [0.4, 0.5) is 0 Å². The Morgan fingerprint density at radius 1 is 1.22 bits per heavy atom. The Hall–Kier alpha value is -1.75. The molecule has 18 heavy (non-hydrogen) atoms. The molecule has 5 heteroatoms. The molecule has 0 amide bonds. The summed E-state index contributed by atoms with van der Waals surface area (Å²) in [6.07, 6.45) is 0. The van der Waals surface area contributed by atoms with Crippen molar-refractivity contribution >= 4 is 5.84 Å². The number of nitrogens with two attached hydrogens (primary N) is 1. The van der Waals surface area contributed by atoms with Gasteiger partial charge in [0.2, 0.25) is 0 Å². The standard InChI is InChI=1S/C13H20N2O3/c1-13(2,3)18-9-8-17-11-6-4-10(5-7-11)12(14)15-16/h4-7,16H,8-9H2,1-3H3,(H2,14,15). The molecule has 1 aromatic rings. The number of ether oxygens (including phenoxy) is 2. The normalized spacial score (nSPS) is 12.5. The molecule has 0 aliphatic heterocycles. The Bertz CT molecular complexity index is 394. The van der Waals surface area contributed by atoms with E-state index in [9.17, 15) is 0 Å². The largest absolute Gasteiger partial charge is 0.491 e. The van der Waals surface area contributed by atoms with Crippen LogP contribution in [-0.2, 0) is 4.74 Å². The fourth-order valence-electron chi connectivity index (χ4n) is 1.29. The van der Waals surface area contributed by atoms with Crippen molar-refractivity contribution in [1.82, 2.24) is 0 Å². The fourth-order valence-corrected chi connectivity index (χ4v) is 1.29. The van der Waals surface area contributed by atoms with Gasteiger partial charge in [-0.15, -0.1) is 0 Å². The number of benzene rings is 1. The molecule has 0 unspecified atom stereocenters. The maximum absolute atomic E-state index is 8.52.